The normalized spacial score (nSPS) is 25.9. The highest BCUT2D eigenvalue weighted by Crippen LogP contribution is 2.36. The zero-order valence-electron chi connectivity index (χ0n) is 8.08. The molecule has 1 saturated heterocycles. The Morgan fingerprint density at radius 1 is 1.73 bits per heavy atom. The summed E-state index contributed by atoms with van der Waals surface area (Å²) in [6.07, 6.45) is 0.0635. The molecule has 1 aromatic heterocycles. The smallest absolute Gasteiger partial charge is 0.309 e. The maximum atomic E-state index is 11.4. The fraction of sp³-hybridized carbons (Fsp3) is 0.444. The Balaban J connectivity index is 2.34. The lowest BCUT2D eigenvalue weighted by Gasteiger charge is -2.20. The maximum absolute atomic E-state index is 11.4. The number of carbonyl (C=O) groups is 2. The van der Waals surface area contributed by atoms with Gasteiger partial charge in [-0.1, -0.05) is 0 Å². The van der Waals surface area contributed by atoms with E-state index in [0.717, 1.165) is 0 Å². The van der Waals surface area contributed by atoms with Gasteiger partial charge in [-0.25, -0.2) is 4.98 Å². The summed E-state index contributed by atoms with van der Waals surface area (Å²) in [6, 6.07) is -0.416. The molecule has 1 aliphatic rings. The Morgan fingerprint density at radius 3 is 3.00 bits per heavy atom. The Labute approximate surface area is 90.4 Å². The van der Waals surface area contributed by atoms with Crippen LogP contribution in [0.25, 0.3) is 0 Å². The highest BCUT2D eigenvalue weighted by atomic mass is 32.1. The highest BCUT2D eigenvalue weighted by Gasteiger charge is 2.43. The van der Waals surface area contributed by atoms with Crippen LogP contribution >= 0.6 is 11.3 Å². The fourth-order valence-electron chi connectivity index (χ4n) is 1.86. The van der Waals surface area contributed by atoms with Gasteiger partial charge in [0.25, 0.3) is 0 Å². The molecule has 1 amide bonds. The van der Waals surface area contributed by atoms with Crippen molar-refractivity contribution in [1.82, 2.24) is 9.88 Å². The van der Waals surface area contributed by atoms with Crippen LogP contribution in [-0.2, 0) is 9.59 Å². The van der Waals surface area contributed by atoms with Crippen molar-refractivity contribution in [3.63, 3.8) is 0 Å². The molecule has 5 nitrogen and oxygen atoms in total. The molecule has 0 aromatic carbocycles. The number of hydrogen-bond donors (Lipinski definition) is 1. The minimum absolute atomic E-state index is 0.0635. The van der Waals surface area contributed by atoms with E-state index in [1.54, 1.807) is 17.9 Å². The first-order valence-electron chi connectivity index (χ1n) is 4.48. The van der Waals surface area contributed by atoms with E-state index in [9.17, 15) is 9.59 Å². The van der Waals surface area contributed by atoms with Crippen LogP contribution in [0.15, 0.2) is 10.9 Å². The SMILES string of the molecule is CN1C(=O)CC(C(=O)O)C1c1cscn1. The number of rotatable bonds is 2. The predicted molar refractivity (Wildman–Crippen MR) is 53.4 cm³/mol. The molecule has 2 heterocycles. The van der Waals surface area contributed by atoms with Crippen LogP contribution < -0.4 is 0 Å². The molecule has 1 N–H and O–H groups in total. The summed E-state index contributed by atoms with van der Waals surface area (Å²) in [6.45, 7) is 0. The number of amides is 1. The second-order valence-electron chi connectivity index (χ2n) is 3.51. The van der Waals surface area contributed by atoms with Gasteiger partial charge in [0.2, 0.25) is 5.91 Å². The second-order valence-corrected chi connectivity index (χ2v) is 4.23. The van der Waals surface area contributed by atoms with Crippen molar-refractivity contribution >= 4 is 23.2 Å². The van der Waals surface area contributed by atoms with Crippen LogP contribution in [0.3, 0.4) is 0 Å². The van der Waals surface area contributed by atoms with Gasteiger partial charge in [0.05, 0.1) is 23.2 Å². The average molecular weight is 226 g/mol. The van der Waals surface area contributed by atoms with Gasteiger partial charge >= 0.3 is 5.97 Å². The molecule has 2 unspecified atom stereocenters. The molecule has 0 aliphatic carbocycles. The largest absolute Gasteiger partial charge is 0.481 e. The fourth-order valence-corrected chi connectivity index (χ4v) is 2.45. The van der Waals surface area contributed by atoms with Crippen molar-refractivity contribution in [3.8, 4) is 0 Å². The molecule has 1 aliphatic heterocycles. The molecule has 1 aromatic rings. The third-order valence-electron chi connectivity index (χ3n) is 2.66. The predicted octanol–water partition coefficient (Wildman–Crippen LogP) is 0.747. The lowest BCUT2D eigenvalue weighted by atomic mass is 9.98. The summed E-state index contributed by atoms with van der Waals surface area (Å²) in [4.78, 5) is 28.0. The lowest BCUT2D eigenvalue weighted by molar-refractivity contribution is -0.142. The van der Waals surface area contributed by atoms with Gasteiger partial charge in [-0.15, -0.1) is 11.3 Å². The molecule has 15 heavy (non-hydrogen) atoms. The number of carboxylic acids is 1. The molecular formula is C9H10N2O3S. The van der Waals surface area contributed by atoms with E-state index in [1.807, 2.05) is 0 Å². The van der Waals surface area contributed by atoms with Crippen LogP contribution in [0.4, 0.5) is 0 Å². The van der Waals surface area contributed by atoms with Crippen LogP contribution in [0.5, 0.6) is 0 Å². The summed E-state index contributed by atoms with van der Waals surface area (Å²) in [7, 11) is 1.62. The number of aliphatic carboxylic acids is 1. The average Bonchev–Trinajstić information content (AvgIpc) is 2.76. The van der Waals surface area contributed by atoms with Crippen LogP contribution in [-0.4, -0.2) is 33.9 Å². The van der Waals surface area contributed by atoms with E-state index in [4.69, 9.17) is 5.11 Å². The summed E-state index contributed by atoms with van der Waals surface area (Å²) < 4.78 is 0. The number of likely N-dealkylation sites (tertiary alicyclic amines) is 1. The van der Waals surface area contributed by atoms with Crippen molar-refractivity contribution in [2.75, 3.05) is 7.05 Å². The minimum atomic E-state index is -0.939. The zero-order chi connectivity index (χ0) is 11.0. The monoisotopic (exact) mass is 226 g/mol. The number of thiazole rings is 1. The zero-order valence-corrected chi connectivity index (χ0v) is 8.90. The molecule has 0 bridgehead atoms. The number of carboxylic acid groups (broad SMARTS) is 1. The number of nitrogens with zero attached hydrogens (tertiary/aromatic N) is 2. The van der Waals surface area contributed by atoms with Crippen molar-refractivity contribution in [2.24, 2.45) is 5.92 Å². The maximum Gasteiger partial charge on any atom is 0.309 e. The Kier molecular flexibility index (Phi) is 2.44. The van der Waals surface area contributed by atoms with Gasteiger partial charge in [-0.3, -0.25) is 9.59 Å². The molecule has 0 saturated carbocycles. The first-order chi connectivity index (χ1) is 7.11. The Morgan fingerprint density at radius 2 is 2.47 bits per heavy atom. The van der Waals surface area contributed by atoms with Gasteiger partial charge in [0.15, 0.2) is 0 Å². The molecule has 0 radical (unpaired) electrons. The number of hydrogen-bond acceptors (Lipinski definition) is 4. The quantitative estimate of drug-likeness (QED) is 0.807. The van der Waals surface area contributed by atoms with Gasteiger partial charge in [-0.05, 0) is 0 Å². The van der Waals surface area contributed by atoms with Gasteiger partial charge in [0, 0.05) is 18.8 Å². The first kappa shape index (κ1) is 10.1. The number of aromatic nitrogens is 1. The molecule has 80 valence electrons. The van der Waals surface area contributed by atoms with E-state index >= 15 is 0 Å². The minimum Gasteiger partial charge on any atom is -0.481 e. The molecular weight excluding hydrogens is 216 g/mol. The highest BCUT2D eigenvalue weighted by molar-refractivity contribution is 7.07. The Hall–Kier alpha value is -1.43. The van der Waals surface area contributed by atoms with E-state index in [1.165, 1.54) is 16.2 Å². The molecule has 2 rings (SSSR count). The van der Waals surface area contributed by atoms with Crippen molar-refractivity contribution in [1.29, 1.82) is 0 Å². The standard InChI is InChI=1S/C9H10N2O3S/c1-11-7(12)2-5(9(13)14)8(11)6-3-15-4-10-6/h3-5,8H,2H2,1H3,(H,13,14). The van der Waals surface area contributed by atoms with Crippen molar-refractivity contribution in [2.45, 2.75) is 12.5 Å². The first-order valence-corrected chi connectivity index (χ1v) is 5.42. The summed E-state index contributed by atoms with van der Waals surface area (Å²) in [5, 5.41) is 10.8. The van der Waals surface area contributed by atoms with Gasteiger partial charge in [0.1, 0.15) is 0 Å². The van der Waals surface area contributed by atoms with Crippen molar-refractivity contribution < 1.29 is 14.7 Å². The molecule has 2 atom stereocenters. The molecule has 6 heteroatoms. The third kappa shape index (κ3) is 1.61. The lowest BCUT2D eigenvalue weighted by Crippen LogP contribution is -2.27. The van der Waals surface area contributed by atoms with Crippen LogP contribution in [0, 0.1) is 5.92 Å². The second kappa shape index (κ2) is 3.62. The summed E-state index contributed by atoms with van der Waals surface area (Å²) in [5.74, 6) is -1.75. The van der Waals surface area contributed by atoms with Gasteiger partial charge < -0.3 is 10.0 Å². The van der Waals surface area contributed by atoms with E-state index in [0.29, 0.717) is 5.69 Å². The van der Waals surface area contributed by atoms with E-state index < -0.39 is 17.9 Å². The Bertz CT molecular complexity index is 390. The molecule has 1 fully saturated rings. The summed E-state index contributed by atoms with van der Waals surface area (Å²) >= 11 is 1.40. The van der Waals surface area contributed by atoms with Crippen molar-refractivity contribution in [3.05, 3.63) is 16.6 Å². The topological polar surface area (TPSA) is 70.5 Å². The van der Waals surface area contributed by atoms with Gasteiger partial charge in [-0.2, -0.15) is 0 Å². The van der Waals surface area contributed by atoms with Crippen LogP contribution in [0.2, 0.25) is 0 Å². The number of carbonyl (C=O) groups excluding carboxylic acids is 1. The van der Waals surface area contributed by atoms with E-state index in [2.05, 4.69) is 4.98 Å². The van der Waals surface area contributed by atoms with Crippen LogP contribution in [0.1, 0.15) is 18.2 Å². The summed E-state index contributed by atoms with van der Waals surface area (Å²) in [5.41, 5.74) is 2.31. The molecule has 0 spiro atoms. The third-order valence-corrected chi connectivity index (χ3v) is 3.26. The van der Waals surface area contributed by atoms with E-state index in [-0.39, 0.29) is 12.3 Å².